The molecule has 4 N–H and O–H groups in total. The Morgan fingerprint density at radius 1 is 1.07 bits per heavy atom. The van der Waals surface area contributed by atoms with Crippen LogP contribution in [0.3, 0.4) is 0 Å². The summed E-state index contributed by atoms with van der Waals surface area (Å²) in [5, 5.41) is 14.9. The number of carbonyl (C=O) groups is 2. The number of aliphatic hydroxyl groups excluding tert-OH is 1. The van der Waals surface area contributed by atoms with E-state index in [-0.39, 0.29) is 36.9 Å². The zero-order valence-corrected chi connectivity index (χ0v) is 24.7. The lowest BCUT2D eigenvalue weighted by molar-refractivity contribution is -0.132. The molecule has 6 nitrogen and oxygen atoms in total. The number of nitrogens with one attached hydrogen (secondary N) is 1. The van der Waals surface area contributed by atoms with Gasteiger partial charge in [0.05, 0.1) is 11.5 Å². The van der Waals surface area contributed by atoms with Gasteiger partial charge in [-0.05, 0) is 75.8 Å². The second kappa shape index (κ2) is 14.0. The summed E-state index contributed by atoms with van der Waals surface area (Å²) in [6.07, 6.45) is 3.16. The van der Waals surface area contributed by atoms with Gasteiger partial charge >= 0.3 is 0 Å². The third kappa shape index (κ3) is 7.89. The van der Waals surface area contributed by atoms with Crippen LogP contribution in [-0.4, -0.2) is 47.1 Å². The van der Waals surface area contributed by atoms with Gasteiger partial charge in [0.25, 0.3) is 0 Å². The van der Waals surface area contributed by atoms with Gasteiger partial charge in [0, 0.05) is 43.2 Å². The SMILES string of the molecule is CCc1cccc(CNC[C@H](O)[C@@H](Cc2cc(F)cc(F)c2)C2(C(N)=O)C=C(C)C=C(C(=O)N(CC)C(C)C)C2)c1. The van der Waals surface area contributed by atoms with Crippen LogP contribution in [0.4, 0.5) is 8.78 Å². The molecule has 222 valence electrons. The van der Waals surface area contributed by atoms with Gasteiger partial charge in [-0.3, -0.25) is 9.59 Å². The Labute approximate surface area is 242 Å². The Morgan fingerprint density at radius 3 is 2.32 bits per heavy atom. The summed E-state index contributed by atoms with van der Waals surface area (Å²) in [5.74, 6) is -3.30. The minimum Gasteiger partial charge on any atom is -0.391 e. The van der Waals surface area contributed by atoms with Crippen LogP contribution >= 0.6 is 0 Å². The average Bonchev–Trinajstić information content (AvgIpc) is 2.90. The van der Waals surface area contributed by atoms with Crippen molar-refractivity contribution in [1.82, 2.24) is 10.2 Å². The second-order valence-electron chi connectivity index (χ2n) is 11.3. The van der Waals surface area contributed by atoms with Gasteiger partial charge in [-0.1, -0.05) is 48.9 Å². The number of nitrogens with zero attached hydrogens (tertiary/aromatic N) is 1. The first kappa shape index (κ1) is 32.2. The highest BCUT2D eigenvalue weighted by atomic mass is 19.1. The van der Waals surface area contributed by atoms with Gasteiger partial charge in [-0.25, -0.2) is 8.78 Å². The number of amides is 2. The van der Waals surface area contributed by atoms with Crippen molar-refractivity contribution in [3.63, 3.8) is 0 Å². The van der Waals surface area contributed by atoms with Crippen molar-refractivity contribution in [3.05, 3.63) is 94.1 Å². The number of hydrogen-bond acceptors (Lipinski definition) is 4. The van der Waals surface area contributed by atoms with E-state index in [4.69, 9.17) is 5.73 Å². The molecule has 0 radical (unpaired) electrons. The van der Waals surface area contributed by atoms with Crippen molar-refractivity contribution in [2.24, 2.45) is 17.1 Å². The van der Waals surface area contributed by atoms with Crippen LogP contribution in [0.5, 0.6) is 0 Å². The molecule has 1 aliphatic rings. The minimum absolute atomic E-state index is 0.0280. The number of carbonyl (C=O) groups excluding carboxylic acids is 2. The summed E-state index contributed by atoms with van der Waals surface area (Å²) in [4.78, 5) is 28.6. The molecule has 1 unspecified atom stereocenters. The van der Waals surface area contributed by atoms with E-state index >= 15 is 0 Å². The molecule has 0 saturated carbocycles. The monoisotopic (exact) mass is 567 g/mol. The Bertz CT molecular complexity index is 1290. The molecular formula is C33H43F2N3O3. The summed E-state index contributed by atoms with van der Waals surface area (Å²) in [6, 6.07) is 11.2. The van der Waals surface area contributed by atoms with Crippen LogP contribution in [-0.2, 0) is 29.0 Å². The summed E-state index contributed by atoms with van der Waals surface area (Å²) in [6.45, 7) is 10.6. The smallest absolute Gasteiger partial charge is 0.250 e. The fraction of sp³-hybridized carbons (Fsp3) is 0.455. The van der Waals surface area contributed by atoms with Gasteiger partial charge in [-0.15, -0.1) is 0 Å². The van der Waals surface area contributed by atoms with Crippen LogP contribution in [0.2, 0.25) is 0 Å². The molecule has 3 rings (SSSR count). The number of hydrogen-bond donors (Lipinski definition) is 3. The van der Waals surface area contributed by atoms with Crippen LogP contribution < -0.4 is 11.1 Å². The van der Waals surface area contributed by atoms with Crippen molar-refractivity contribution in [1.29, 1.82) is 0 Å². The first-order chi connectivity index (χ1) is 19.4. The van der Waals surface area contributed by atoms with E-state index in [0.29, 0.717) is 24.2 Å². The number of primary amides is 1. The summed E-state index contributed by atoms with van der Waals surface area (Å²) in [7, 11) is 0. The highest BCUT2D eigenvalue weighted by Crippen LogP contribution is 2.44. The van der Waals surface area contributed by atoms with Gasteiger partial charge < -0.3 is 21.1 Å². The number of benzene rings is 2. The molecule has 0 spiro atoms. The van der Waals surface area contributed by atoms with Crippen LogP contribution in [0, 0.1) is 23.0 Å². The number of halogens is 2. The quantitative estimate of drug-likeness (QED) is 0.323. The average molecular weight is 568 g/mol. The Kier molecular flexibility index (Phi) is 11.0. The molecule has 2 amide bonds. The largest absolute Gasteiger partial charge is 0.391 e. The number of aryl methyl sites for hydroxylation is 1. The van der Waals surface area contributed by atoms with Crippen molar-refractivity contribution in [2.75, 3.05) is 13.1 Å². The van der Waals surface area contributed by atoms with Crippen LogP contribution in [0.15, 0.2) is 65.8 Å². The standard InChI is InChI=1S/C33H43F2N3O3/c1-6-23-9-8-10-24(12-23)19-37-20-30(39)29(15-25-13-27(34)16-28(35)14-25)33(32(36)41)17-22(5)11-26(18-33)31(40)38(7-2)21(3)4/h8-14,16-17,21,29-30,37,39H,6-7,15,18-20H2,1-5H3,(H2,36,41)/t29-,30+,33?/m1/s1. The Morgan fingerprint density at radius 2 is 1.73 bits per heavy atom. The molecule has 8 heteroatoms. The molecule has 0 saturated heterocycles. The summed E-state index contributed by atoms with van der Waals surface area (Å²) >= 11 is 0. The molecular weight excluding hydrogens is 524 g/mol. The fourth-order valence-electron chi connectivity index (χ4n) is 5.89. The maximum Gasteiger partial charge on any atom is 0.250 e. The molecule has 0 bridgehead atoms. The Hall–Kier alpha value is -3.36. The molecule has 41 heavy (non-hydrogen) atoms. The summed E-state index contributed by atoms with van der Waals surface area (Å²) < 4.78 is 28.4. The molecule has 2 aromatic rings. The molecule has 0 heterocycles. The number of allylic oxidation sites excluding steroid dienone is 2. The fourth-order valence-corrected chi connectivity index (χ4v) is 5.89. The third-order valence-corrected chi connectivity index (χ3v) is 7.91. The lowest BCUT2D eigenvalue weighted by Crippen LogP contribution is -2.52. The zero-order valence-electron chi connectivity index (χ0n) is 24.7. The van der Waals surface area contributed by atoms with E-state index in [0.717, 1.165) is 18.1 Å². The highest BCUT2D eigenvalue weighted by molar-refractivity contribution is 5.97. The maximum atomic E-state index is 14.2. The van der Waals surface area contributed by atoms with E-state index in [9.17, 15) is 23.5 Å². The van der Waals surface area contributed by atoms with E-state index in [1.165, 1.54) is 17.7 Å². The topological polar surface area (TPSA) is 95.7 Å². The first-order valence-electron chi connectivity index (χ1n) is 14.3. The van der Waals surface area contributed by atoms with E-state index < -0.39 is 35.0 Å². The number of aliphatic hydroxyl groups is 1. The molecule has 3 atom stereocenters. The lowest BCUT2D eigenvalue weighted by atomic mass is 9.63. The van der Waals surface area contributed by atoms with Crippen molar-refractivity contribution in [2.45, 2.75) is 72.6 Å². The molecule has 1 aliphatic carbocycles. The molecule has 0 aromatic heterocycles. The van der Waals surface area contributed by atoms with Gasteiger partial charge in [-0.2, -0.15) is 0 Å². The van der Waals surface area contributed by atoms with Gasteiger partial charge in [0.15, 0.2) is 0 Å². The lowest BCUT2D eigenvalue weighted by Gasteiger charge is -2.42. The van der Waals surface area contributed by atoms with Crippen molar-refractivity contribution < 1.29 is 23.5 Å². The van der Waals surface area contributed by atoms with E-state index in [2.05, 4.69) is 18.3 Å². The number of nitrogens with two attached hydrogens (primary N) is 1. The minimum atomic E-state index is -1.47. The zero-order chi connectivity index (χ0) is 30.3. The number of likely N-dealkylation sites (N-methyl/N-ethyl adjacent to an activating group) is 1. The van der Waals surface area contributed by atoms with Crippen LogP contribution in [0.1, 0.15) is 57.7 Å². The third-order valence-electron chi connectivity index (χ3n) is 7.91. The highest BCUT2D eigenvalue weighted by Gasteiger charge is 2.48. The van der Waals surface area contributed by atoms with Gasteiger partial charge in [0.2, 0.25) is 11.8 Å². The molecule has 0 aliphatic heterocycles. The van der Waals surface area contributed by atoms with E-state index in [1.807, 2.05) is 39.0 Å². The number of rotatable bonds is 13. The van der Waals surface area contributed by atoms with Gasteiger partial charge in [0.1, 0.15) is 11.6 Å². The predicted molar refractivity (Wildman–Crippen MR) is 158 cm³/mol. The molecule has 0 fully saturated rings. The predicted octanol–water partition coefficient (Wildman–Crippen LogP) is 4.84. The van der Waals surface area contributed by atoms with Crippen molar-refractivity contribution >= 4 is 11.8 Å². The normalized spacial score (nSPS) is 18.5. The van der Waals surface area contributed by atoms with Crippen LogP contribution in [0.25, 0.3) is 0 Å². The Balaban J connectivity index is 1.98. The van der Waals surface area contributed by atoms with Crippen molar-refractivity contribution in [3.8, 4) is 0 Å². The molecule has 2 aromatic carbocycles. The second-order valence-corrected chi connectivity index (χ2v) is 11.3. The first-order valence-corrected chi connectivity index (χ1v) is 14.3. The van der Waals surface area contributed by atoms with E-state index in [1.54, 1.807) is 24.0 Å². The summed E-state index contributed by atoms with van der Waals surface area (Å²) in [5.41, 5.74) is 8.21. The maximum absolute atomic E-state index is 14.2.